The Morgan fingerprint density at radius 1 is 1.30 bits per heavy atom. The van der Waals surface area contributed by atoms with Gasteiger partial charge in [-0.25, -0.2) is 4.79 Å². The first kappa shape index (κ1) is 16.8. The number of hydrogen-bond donors (Lipinski definition) is 2. The molecule has 0 atom stereocenters. The van der Waals surface area contributed by atoms with Crippen LogP contribution in [0.4, 0.5) is 4.79 Å². The fourth-order valence-electron chi connectivity index (χ4n) is 2.22. The Bertz CT molecular complexity index is 313. The van der Waals surface area contributed by atoms with E-state index in [1.807, 2.05) is 13.8 Å². The van der Waals surface area contributed by atoms with Gasteiger partial charge >= 0.3 is 6.09 Å². The maximum Gasteiger partial charge on any atom is 0.409 e. The Morgan fingerprint density at radius 3 is 2.50 bits per heavy atom. The monoisotopic (exact) mass is 285 g/mol. The van der Waals surface area contributed by atoms with Crippen molar-refractivity contribution in [3.8, 4) is 0 Å². The van der Waals surface area contributed by atoms with Crippen molar-refractivity contribution in [1.29, 1.82) is 0 Å². The summed E-state index contributed by atoms with van der Waals surface area (Å²) in [5.74, 6) is 0.106. The largest absolute Gasteiger partial charge is 0.449 e. The summed E-state index contributed by atoms with van der Waals surface area (Å²) in [6.07, 6.45) is 2.80. The fraction of sp³-hybridized carbons (Fsp3) is 0.857. The van der Waals surface area contributed by atoms with E-state index >= 15 is 0 Å². The normalized spacial score (nSPS) is 16.3. The molecule has 20 heavy (non-hydrogen) atoms. The van der Waals surface area contributed by atoms with Crippen LogP contribution in [0.2, 0.25) is 0 Å². The van der Waals surface area contributed by atoms with Gasteiger partial charge in [0.25, 0.3) is 0 Å². The molecular formula is C14H27N3O3. The van der Waals surface area contributed by atoms with Gasteiger partial charge in [0.15, 0.2) is 0 Å². The van der Waals surface area contributed by atoms with Crippen LogP contribution in [0.15, 0.2) is 0 Å². The highest BCUT2D eigenvalue weighted by Gasteiger charge is 2.28. The molecule has 116 valence electrons. The molecule has 0 aliphatic carbocycles. The van der Waals surface area contributed by atoms with Gasteiger partial charge in [0.05, 0.1) is 6.61 Å². The second-order valence-electron chi connectivity index (χ2n) is 5.53. The molecule has 0 unspecified atom stereocenters. The van der Waals surface area contributed by atoms with Gasteiger partial charge in [-0.05, 0) is 46.1 Å². The summed E-state index contributed by atoms with van der Waals surface area (Å²) < 4.78 is 5.17. The molecule has 1 heterocycles. The zero-order chi connectivity index (χ0) is 15.0. The molecule has 0 bridgehead atoms. The number of rotatable bonds is 6. The van der Waals surface area contributed by atoms with Crippen LogP contribution >= 0.6 is 0 Å². The van der Waals surface area contributed by atoms with Gasteiger partial charge in [0.2, 0.25) is 5.91 Å². The summed E-state index contributed by atoms with van der Waals surface area (Å²) in [6, 6.07) is 0.160. The van der Waals surface area contributed by atoms with Gasteiger partial charge in [-0.15, -0.1) is 0 Å². The van der Waals surface area contributed by atoms with E-state index in [1.54, 1.807) is 4.90 Å². The van der Waals surface area contributed by atoms with E-state index in [0.29, 0.717) is 39.1 Å². The molecule has 0 aromatic carbocycles. The van der Waals surface area contributed by atoms with Crippen molar-refractivity contribution in [2.75, 3.05) is 26.2 Å². The maximum atomic E-state index is 11.9. The van der Waals surface area contributed by atoms with E-state index in [4.69, 9.17) is 10.5 Å². The first-order valence-electron chi connectivity index (χ1n) is 7.46. The van der Waals surface area contributed by atoms with Crippen LogP contribution in [0.3, 0.4) is 0 Å². The molecule has 6 heteroatoms. The lowest BCUT2D eigenvalue weighted by atomic mass is 9.96. The van der Waals surface area contributed by atoms with Gasteiger partial charge in [-0.3, -0.25) is 4.79 Å². The summed E-state index contributed by atoms with van der Waals surface area (Å²) in [4.78, 5) is 25.3. The zero-order valence-electron chi connectivity index (χ0n) is 12.6. The van der Waals surface area contributed by atoms with Crippen LogP contribution in [-0.4, -0.2) is 49.2 Å². The molecular weight excluding hydrogens is 258 g/mol. The van der Waals surface area contributed by atoms with E-state index in [1.165, 1.54) is 0 Å². The van der Waals surface area contributed by atoms with Crippen molar-refractivity contribution in [1.82, 2.24) is 10.2 Å². The fourth-order valence-corrected chi connectivity index (χ4v) is 2.22. The van der Waals surface area contributed by atoms with Crippen molar-refractivity contribution in [2.24, 2.45) is 11.7 Å². The minimum absolute atomic E-state index is 0.0127. The summed E-state index contributed by atoms with van der Waals surface area (Å²) in [7, 11) is 0. The van der Waals surface area contributed by atoms with E-state index in [2.05, 4.69) is 5.32 Å². The van der Waals surface area contributed by atoms with E-state index in [9.17, 15) is 9.59 Å². The smallest absolute Gasteiger partial charge is 0.409 e. The second-order valence-corrected chi connectivity index (χ2v) is 5.53. The number of piperidine rings is 1. The van der Waals surface area contributed by atoms with Crippen LogP contribution in [0.1, 0.15) is 39.5 Å². The Morgan fingerprint density at radius 2 is 1.95 bits per heavy atom. The Balaban J connectivity index is 2.24. The van der Waals surface area contributed by atoms with Crippen LogP contribution in [0.5, 0.6) is 0 Å². The summed E-state index contributed by atoms with van der Waals surface area (Å²) >= 11 is 0. The number of carbonyl (C=O) groups is 2. The first-order chi connectivity index (χ1) is 9.54. The number of nitrogens with zero attached hydrogens (tertiary/aromatic N) is 1. The molecule has 1 fully saturated rings. The van der Waals surface area contributed by atoms with Crippen molar-refractivity contribution < 1.29 is 14.3 Å². The summed E-state index contributed by atoms with van der Waals surface area (Å²) in [6.45, 7) is 6.12. The van der Waals surface area contributed by atoms with Gasteiger partial charge < -0.3 is 20.7 Å². The predicted octanol–water partition coefficient (Wildman–Crippen LogP) is 1.10. The third kappa shape index (κ3) is 5.77. The molecule has 1 rings (SSSR count). The molecule has 2 amide bonds. The minimum atomic E-state index is -0.273. The number of nitrogens with two attached hydrogens (primary N) is 1. The molecule has 1 aliphatic heterocycles. The molecule has 0 spiro atoms. The number of likely N-dealkylation sites (tertiary alicyclic amines) is 1. The van der Waals surface area contributed by atoms with E-state index in [-0.39, 0.29) is 24.0 Å². The van der Waals surface area contributed by atoms with Crippen molar-refractivity contribution in [3.63, 3.8) is 0 Å². The average Bonchev–Trinajstić information content (AvgIpc) is 2.43. The third-order valence-electron chi connectivity index (χ3n) is 3.38. The Hall–Kier alpha value is -1.30. The zero-order valence-corrected chi connectivity index (χ0v) is 12.6. The van der Waals surface area contributed by atoms with Crippen molar-refractivity contribution in [2.45, 2.75) is 45.6 Å². The highest BCUT2D eigenvalue weighted by Crippen LogP contribution is 2.18. The average molecular weight is 285 g/mol. The molecule has 0 radical (unpaired) electrons. The van der Waals surface area contributed by atoms with Gasteiger partial charge in [0, 0.05) is 25.0 Å². The van der Waals surface area contributed by atoms with Crippen molar-refractivity contribution in [3.05, 3.63) is 0 Å². The van der Waals surface area contributed by atoms with Crippen LogP contribution in [0.25, 0.3) is 0 Å². The molecule has 0 saturated carbocycles. The SMILES string of the molecule is CC(C)NC(=O)C1CCN(C(=O)OCCCCN)CC1. The van der Waals surface area contributed by atoms with E-state index in [0.717, 1.165) is 12.8 Å². The number of unbranched alkanes of at least 4 members (excludes halogenated alkanes) is 1. The summed E-state index contributed by atoms with van der Waals surface area (Å²) in [5, 5.41) is 2.92. The second kappa shape index (κ2) is 8.79. The number of hydrogen-bond acceptors (Lipinski definition) is 4. The lowest BCUT2D eigenvalue weighted by Gasteiger charge is -2.31. The third-order valence-corrected chi connectivity index (χ3v) is 3.38. The van der Waals surface area contributed by atoms with Crippen LogP contribution < -0.4 is 11.1 Å². The molecule has 0 aromatic heterocycles. The Labute approximate surface area is 121 Å². The quantitative estimate of drug-likeness (QED) is 0.716. The molecule has 6 nitrogen and oxygen atoms in total. The highest BCUT2D eigenvalue weighted by atomic mass is 16.6. The van der Waals surface area contributed by atoms with Gasteiger partial charge in [0.1, 0.15) is 0 Å². The van der Waals surface area contributed by atoms with Gasteiger partial charge in [-0.1, -0.05) is 0 Å². The number of ether oxygens (including phenoxy) is 1. The molecule has 1 aliphatic rings. The first-order valence-corrected chi connectivity index (χ1v) is 7.46. The van der Waals surface area contributed by atoms with Gasteiger partial charge in [-0.2, -0.15) is 0 Å². The molecule has 3 N–H and O–H groups in total. The minimum Gasteiger partial charge on any atom is -0.449 e. The lowest BCUT2D eigenvalue weighted by Crippen LogP contribution is -2.44. The Kier molecular flexibility index (Phi) is 7.36. The topological polar surface area (TPSA) is 84.7 Å². The van der Waals surface area contributed by atoms with E-state index < -0.39 is 0 Å². The predicted molar refractivity (Wildman–Crippen MR) is 77.2 cm³/mol. The highest BCUT2D eigenvalue weighted by molar-refractivity contribution is 5.79. The molecule has 1 saturated heterocycles. The van der Waals surface area contributed by atoms with Crippen molar-refractivity contribution >= 4 is 12.0 Å². The number of nitrogens with one attached hydrogen (secondary N) is 1. The lowest BCUT2D eigenvalue weighted by molar-refractivity contribution is -0.126. The maximum absolute atomic E-state index is 11.9. The molecule has 0 aromatic rings. The van der Waals surface area contributed by atoms with Crippen LogP contribution in [-0.2, 0) is 9.53 Å². The standard InChI is InChI=1S/C14H27N3O3/c1-11(2)16-13(18)12-5-8-17(9-6-12)14(19)20-10-4-3-7-15/h11-12H,3-10,15H2,1-2H3,(H,16,18). The summed E-state index contributed by atoms with van der Waals surface area (Å²) in [5.41, 5.74) is 5.38. The van der Waals surface area contributed by atoms with Crippen LogP contribution in [0, 0.1) is 5.92 Å². The number of amides is 2. The number of carbonyl (C=O) groups excluding carboxylic acids is 2.